The fourth-order valence-electron chi connectivity index (χ4n) is 9.22. The Bertz CT molecular complexity index is 2490. The molecule has 0 nitrogen and oxygen atoms in total. The van der Waals surface area contributed by atoms with E-state index in [1.165, 1.54) is 109 Å². The maximum atomic E-state index is 2.75. The molecule has 0 saturated carbocycles. The first-order valence-electron chi connectivity index (χ1n) is 18.2. The van der Waals surface area contributed by atoms with Gasteiger partial charge in [-0.1, -0.05) is 97.1 Å². The van der Waals surface area contributed by atoms with Crippen molar-refractivity contribution in [1.29, 1.82) is 0 Å². The molecule has 0 heterocycles. The lowest BCUT2D eigenvalue weighted by Gasteiger charge is -2.29. The van der Waals surface area contributed by atoms with Gasteiger partial charge in [0.25, 0.3) is 0 Å². The Labute approximate surface area is 321 Å². The highest BCUT2D eigenvalue weighted by atomic mass is 127. The van der Waals surface area contributed by atoms with Crippen LogP contribution in [0, 0.1) is 7.14 Å². The Morgan fingerprint density at radius 3 is 1.14 bits per heavy atom. The van der Waals surface area contributed by atoms with Crippen molar-refractivity contribution in [3.63, 3.8) is 0 Å². The molecule has 8 aromatic carbocycles. The molecule has 0 spiro atoms. The first-order chi connectivity index (χ1) is 24.7. The highest BCUT2D eigenvalue weighted by molar-refractivity contribution is 14.1. The van der Waals surface area contributed by atoms with E-state index < -0.39 is 0 Å². The average molecular weight is 867 g/mol. The van der Waals surface area contributed by atoms with Crippen LogP contribution >= 0.6 is 45.2 Å². The van der Waals surface area contributed by atoms with Crippen molar-refractivity contribution >= 4 is 88.3 Å². The van der Waals surface area contributed by atoms with E-state index in [2.05, 4.69) is 167 Å². The Morgan fingerprint density at radius 2 is 0.700 bits per heavy atom. The number of hydrogen-bond acceptors (Lipinski definition) is 0. The van der Waals surface area contributed by atoms with E-state index in [1.807, 2.05) is 0 Å². The van der Waals surface area contributed by atoms with Gasteiger partial charge in [0.15, 0.2) is 0 Å². The van der Waals surface area contributed by atoms with Crippen LogP contribution in [0.5, 0.6) is 0 Å². The van der Waals surface area contributed by atoms with E-state index >= 15 is 0 Å². The normalized spacial score (nSPS) is 14.4. The van der Waals surface area contributed by atoms with E-state index in [0.29, 0.717) is 0 Å². The third-order valence-electron chi connectivity index (χ3n) is 11.5. The lowest BCUT2D eigenvalue weighted by Crippen LogP contribution is -2.12. The summed E-state index contributed by atoms with van der Waals surface area (Å²) in [5.74, 6) is 0. The number of hydrogen-bond donors (Lipinski definition) is 0. The Hall–Kier alpha value is -3.74. The first-order valence-corrected chi connectivity index (χ1v) is 20.3. The molecular weight excluding hydrogens is 830 g/mol. The second-order valence-corrected chi connectivity index (χ2v) is 16.5. The number of fused-ring (bicyclic) bond motifs is 8. The molecule has 2 aliphatic rings. The van der Waals surface area contributed by atoms with Gasteiger partial charge in [0.2, 0.25) is 0 Å². The number of rotatable bonds is 3. The number of aryl methyl sites for hydroxylation is 2. The topological polar surface area (TPSA) is 0 Å². The van der Waals surface area contributed by atoms with E-state index in [-0.39, 0.29) is 0 Å². The van der Waals surface area contributed by atoms with Crippen LogP contribution in [0.25, 0.3) is 76.5 Å². The maximum absolute atomic E-state index is 2.75. The molecular formula is C48H36I2. The van der Waals surface area contributed by atoms with Crippen molar-refractivity contribution < 1.29 is 0 Å². The second-order valence-electron chi connectivity index (χ2n) is 14.3. The third kappa shape index (κ3) is 4.88. The van der Waals surface area contributed by atoms with Crippen LogP contribution in [0.15, 0.2) is 121 Å². The van der Waals surface area contributed by atoms with Crippen LogP contribution in [-0.4, -0.2) is 0 Å². The predicted octanol–water partition coefficient (Wildman–Crippen LogP) is 14.3. The summed E-state index contributed by atoms with van der Waals surface area (Å²) < 4.78 is 2.82. The highest BCUT2D eigenvalue weighted by Gasteiger charge is 2.29. The van der Waals surface area contributed by atoms with Gasteiger partial charge in [0.05, 0.1) is 0 Å². The molecule has 2 heteroatoms. The summed E-state index contributed by atoms with van der Waals surface area (Å²) in [7, 11) is 0. The molecule has 0 fully saturated rings. The fourth-order valence-corrected chi connectivity index (χ4v) is 11.3. The SMILES string of the molecule is Ic1c(-c2cc3ccccc3c3ccccc23)cc2c(c1-c1c(I)c(-c3cc4ccccc4c4ccccc34)cc3c1CCCC3)CCCC2. The zero-order chi connectivity index (χ0) is 33.3. The zero-order valence-corrected chi connectivity index (χ0v) is 32.3. The van der Waals surface area contributed by atoms with E-state index in [4.69, 9.17) is 0 Å². The van der Waals surface area contributed by atoms with Crippen LogP contribution in [0.3, 0.4) is 0 Å². The van der Waals surface area contributed by atoms with Crippen LogP contribution in [0.4, 0.5) is 0 Å². The van der Waals surface area contributed by atoms with Crippen molar-refractivity contribution in [1.82, 2.24) is 0 Å². The summed E-state index contributed by atoms with van der Waals surface area (Å²) in [6, 6.07) is 46.0. The summed E-state index contributed by atoms with van der Waals surface area (Å²) in [4.78, 5) is 0. The molecule has 2 aliphatic carbocycles. The van der Waals surface area contributed by atoms with Gasteiger partial charge >= 0.3 is 0 Å². The minimum Gasteiger partial charge on any atom is -0.0616 e. The second kappa shape index (κ2) is 12.5. The first kappa shape index (κ1) is 31.0. The van der Waals surface area contributed by atoms with Crippen molar-refractivity contribution in [2.24, 2.45) is 0 Å². The zero-order valence-electron chi connectivity index (χ0n) is 28.0. The minimum absolute atomic E-state index is 1.16. The molecule has 10 rings (SSSR count). The molecule has 0 amide bonds. The molecule has 50 heavy (non-hydrogen) atoms. The Morgan fingerprint density at radius 1 is 0.340 bits per heavy atom. The number of halogens is 2. The highest BCUT2D eigenvalue weighted by Crippen LogP contribution is 2.50. The van der Waals surface area contributed by atoms with Crippen molar-refractivity contribution in [2.45, 2.75) is 51.4 Å². The maximum Gasteiger partial charge on any atom is 0.0290 e. The third-order valence-corrected chi connectivity index (χ3v) is 13.8. The Kier molecular flexibility index (Phi) is 7.75. The lowest BCUT2D eigenvalue weighted by atomic mass is 9.78. The fraction of sp³-hybridized carbons (Fsp3) is 0.167. The summed E-state index contributed by atoms with van der Waals surface area (Å²) in [5.41, 5.74) is 14.9. The van der Waals surface area contributed by atoms with E-state index in [9.17, 15) is 0 Å². The van der Waals surface area contributed by atoms with E-state index in [1.54, 1.807) is 22.3 Å². The van der Waals surface area contributed by atoms with Crippen molar-refractivity contribution in [3.8, 4) is 33.4 Å². The minimum atomic E-state index is 1.16. The van der Waals surface area contributed by atoms with Crippen molar-refractivity contribution in [2.75, 3.05) is 0 Å². The van der Waals surface area contributed by atoms with Gasteiger partial charge in [-0.25, -0.2) is 0 Å². The van der Waals surface area contributed by atoms with Gasteiger partial charge in [0.1, 0.15) is 0 Å². The molecule has 0 aromatic heterocycles. The van der Waals surface area contributed by atoms with Crippen LogP contribution in [0.1, 0.15) is 47.9 Å². The Balaban J connectivity index is 1.31. The molecule has 0 unspecified atom stereocenters. The van der Waals surface area contributed by atoms with Gasteiger partial charge in [-0.05, 0) is 208 Å². The summed E-state index contributed by atoms with van der Waals surface area (Å²) in [5, 5.41) is 10.7. The summed E-state index contributed by atoms with van der Waals surface area (Å²) >= 11 is 5.50. The summed E-state index contributed by atoms with van der Waals surface area (Å²) in [6.45, 7) is 0. The van der Waals surface area contributed by atoms with Gasteiger partial charge in [-0.15, -0.1) is 0 Å². The molecule has 0 bridgehead atoms. The number of benzene rings is 8. The molecule has 0 aliphatic heterocycles. The van der Waals surface area contributed by atoms with Gasteiger partial charge in [-0.2, -0.15) is 0 Å². The average Bonchev–Trinajstić information content (AvgIpc) is 3.17. The van der Waals surface area contributed by atoms with Crippen LogP contribution < -0.4 is 0 Å². The van der Waals surface area contributed by atoms with Gasteiger partial charge in [0, 0.05) is 18.3 Å². The molecule has 8 aromatic rings. The molecule has 0 atom stereocenters. The molecule has 0 radical (unpaired) electrons. The molecule has 0 saturated heterocycles. The van der Waals surface area contributed by atoms with Gasteiger partial charge in [-0.3, -0.25) is 0 Å². The predicted molar refractivity (Wildman–Crippen MR) is 231 cm³/mol. The summed E-state index contributed by atoms with van der Waals surface area (Å²) in [6.07, 6.45) is 9.70. The monoisotopic (exact) mass is 866 g/mol. The van der Waals surface area contributed by atoms with Crippen LogP contribution in [-0.2, 0) is 25.7 Å². The van der Waals surface area contributed by atoms with Gasteiger partial charge < -0.3 is 0 Å². The van der Waals surface area contributed by atoms with E-state index in [0.717, 1.165) is 25.7 Å². The molecule has 0 N–H and O–H groups in total. The van der Waals surface area contributed by atoms with Crippen LogP contribution in [0.2, 0.25) is 0 Å². The standard InChI is InChI=1S/C48H36I2/c49-47-43(41-25-29-13-1-5-17-33(29)37-21-9-11-23-39(37)41)27-31-15-3-7-19-35(31)45(47)46-36-20-8-4-16-32(36)28-44(48(46)50)42-26-30-14-2-6-18-34(30)38-22-10-12-24-40(38)42/h1-2,5-6,9-14,17-18,21-28H,3-4,7-8,15-16,19-20H2. The molecule has 242 valence electrons. The quantitative estimate of drug-likeness (QED) is 0.123. The lowest BCUT2D eigenvalue weighted by molar-refractivity contribution is 0.681. The van der Waals surface area contributed by atoms with Crippen molar-refractivity contribution in [3.05, 3.63) is 151 Å². The smallest absolute Gasteiger partial charge is 0.0290 e. The largest absolute Gasteiger partial charge is 0.0616 e.